The quantitative estimate of drug-likeness (QED) is 0.186. The van der Waals surface area contributed by atoms with Crippen LogP contribution in [-0.2, 0) is 38.3 Å². The summed E-state index contributed by atoms with van der Waals surface area (Å²) in [5.41, 5.74) is 5.53. The van der Waals surface area contributed by atoms with E-state index in [1.807, 2.05) is 49.6 Å². The Labute approximate surface area is 251 Å². The molecule has 0 saturated carbocycles. The Morgan fingerprint density at radius 3 is 0.692 bits per heavy atom. The van der Waals surface area contributed by atoms with Crippen molar-refractivity contribution in [1.29, 1.82) is 0 Å². The molecule has 0 aromatic carbocycles. The van der Waals surface area contributed by atoms with Gasteiger partial charge in [0.05, 0.1) is 0 Å². The van der Waals surface area contributed by atoms with Crippen LogP contribution >= 0.6 is 20.4 Å². The van der Waals surface area contributed by atoms with Crippen LogP contribution in [0, 0.1) is 0 Å². The number of halogens is 2. The standard InChI is InChI=1S/4C8H11N.2ClH.Ni/c4*1-2-3-8-4-6-9-7-5-8;;;/h4*4-7H,2-3H2,1H3;2*1H;/q;;;;;;+2/p-2. The van der Waals surface area contributed by atoms with Gasteiger partial charge >= 0.3 is 33.0 Å². The number of aromatic nitrogens is 4. The van der Waals surface area contributed by atoms with Gasteiger partial charge in [0.15, 0.2) is 0 Å². The molecule has 0 saturated heterocycles. The van der Waals surface area contributed by atoms with E-state index in [0.717, 1.165) is 0 Å². The molecular weight excluding hydrogens is 570 g/mol. The van der Waals surface area contributed by atoms with Gasteiger partial charge in [0.2, 0.25) is 0 Å². The van der Waals surface area contributed by atoms with Crippen LogP contribution in [0.15, 0.2) is 98.1 Å². The van der Waals surface area contributed by atoms with Crippen LogP contribution in [0.3, 0.4) is 0 Å². The SMILES string of the molecule is CCCc1ccncc1.CCCc1ccncc1.CCCc1ccncc1.CCCc1ccncc1.[Cl][Ni][Cl]. The van der Waals surface area contributed by atoms with Crippen LogP contribution in [0.2, 0.25) is 0 Å². The van der Waals surface area contributed by atoms with Crippen molar-refractivity contribution in [1.82, 2.24) is 19.9 Å². The molecule has 4 aromatic rings. The fourth-order valence-electron chi connectivity index (χ4n) is 3.35. The zero-order valence-electron chi connectivity index (χ0n) is 23.8. The number of rotatable bonds is 8. The van der Waals surface area contributed by atoms with E-state index in [-0.39, 0.29) is 0 Å². The van der Waals surface area contributed by atoms with Gasteiger partial charge in [0.1, 0.15) is 0 Å². The molecule has 0 unspecified atom stereocenters. The average molecular weight is 614 g/mol. The van der Waals surface area contributed by atoms with Crippen molar-refractivity contribution >= 4 is 20.4 Å². The van der Waals surface area contributed by atoms with Gasteiger partial charge in [-0.2, -0.15) is 0 Å². The summed E-state index contributed by atoms with van der Waals surface area (Å²) in [5, 5.41) is 0. The van der Waals surface area contributed by atoms with Crippen molar-refractivity contribution in [2.45, 2.75) is 79.1 Å². The van der Waals surface area contributed by atoms with Crippen LogP contribution in [0.5, 0.6) is 0 Å². The Balaban J connectivity index is 0.000000477. The molecule has 0 spiro atoms. The van der Waals surface area contributed by atoms with Gasteiger partial charge in [0, 0.05) is 49.6 Å². The molecular formula is C32H44Cl2N4Ni. The number of nitrogens with zero attached hydrogens (tertiary/aromatic N) is 4. The average Bonchev–Trinajstić information content (AvgIpc) is 2.98. The van der Waals surface area contributed by atoms with Crippen LogP contribution in [-0.4, -0.2) is 19.9 Å². The van der Waals surface area contributed by atoms with Crippen molar-refractivity contribution in [3.05, 3.63) is 120 Å². The van der Waals surface area contributed by atoms with E-state index in [9.17, 15) is 0 Å². The third-order valence-corrected chi connectivity index (χ3v) is 5.15. The molecule has 4 heterocycles. The van der Waals surface area contributed by atoms with E-state index in [0.29, 0.717) is 12.7 Å². The fourth-order valence-corrected chi connectivity index (χ4v) is 3.35. The number of pyridine rings is 4. The Kier molecular flexibility index (Phi) is 27.0. The van der Waals surface area contributed by atoms with E-state index >= 15 is 0 Å². The molecule has 0 aliphatic rings. The van der Waals surface area contributed by atoms with Gasteiger partial charge < -0.3 is 0 Å². The minimum atomic E-state index is 0.569. The summed E-state index contributed by atoms with van der Waals surface area (Å²) in [5.74, 6) is 0. The molecule has 0 aliphatic heterocycles. The van der Waals surface area contributed by atoms with Crippen LogP contribution in [0.25, 0.3) is 0 Å². The maximum atomic E-state index is 4.70. The van der Waals surface area contributed by atoms with Crippen LogP contribution in [0.1, 0.15) is 75.6 Å². The monoisotopic (exact) mass is 612 g/mol. The molecule has 0 bridgehead atoms. The molecule has 4 nitrogen and oxygen atoms in total. The summed E-state index contributed by atoms with van der Waals surface area (Å²) in [6, 6.07) is 16.5. The van der Waals surface area contributed by atoms with E-state index in [1.54, 1.807) is 0 Å². The molecule has 0 fully saturated rings. The minimum absolute atomic E-state index is 0.569. The Bertz CT molecular complexity index is 830. The van der Waals surface area contributed by atoms with E-state index in [1.165, 1.54) is 73.6 Å². The molecule has 0 amide bonds. The molecule has 4 aromatic heterocycles. The van der Waals surface area contributed by atoms with Gasteiger partial charge in [-0.25, -0.2) is 0 Å². The summed E-state index contributed by atoms with van der Waals surface area (Å²) < 4.78 is 0. The molecule has 0 atom stereocenters. The normalized spacial score (nSPS) is 9.28. The second-order valence-corrected chi connectivity index (χ2v) is 10.1. The molecule has 7 heteroatoms. The molecule has 4 rings (SSSR count). The number of hydrogen-bond acceptors (Lipinski definition) is 4. The van der Waals surface area contributed by atoms with Gasteiger partial charge in [-0.1, -0.05) is 53.4 Å². The van der Waals surface area contributed by atoms with Crippen LogP contribution in [0.4, 0.5) is 0 Å². The second kappa shape index (κ2) is 28.7. The Morgan fingerprint density at radius 2 is 0.564 bits per heavy atom. The summed E-state index contributed by atoms with van der Waals surface area (Å²) in [7, 11) is 9.40. The van der Waals surface area contributed by atoms with Gasteiger partial charge in [-0.05, 0) is 96.5 Å². The predicted octanol–water partition coefficient (Wildman–Crippen LogP) is 9.51. The second-order valence-electron chi connectivity index (χ2n) is 8.47. The Morgan fingerprint density at radius 1 is 0.410 bits per heavy atom. The first kappa shape index (κ1) is 36.7. The van der Waals surface area contributed by atoms with Crippen molar-refractivity contribution in [3.8, 4) is 0 Å². The first-order valence-corrected chi connectivity index (χ1v) is 16.2. The van der Waals surface area contributed by atoms with Crippen molar-refractivity contribution < 1.29 is 12.7 Å². The first-order chi connectivity index (χ1) is 19.1. The summed E-state index contributed by atoms with van der Waals surface area (Å²) in [6.07, 6.45) is 24.2. The van der Waals surface area contributed by atoms with Crippen molar-refractivity contribution in [2.24, 2.45) is 0 Å². The van der Waals surface area contributed by atoms with Gasteiger partial charge in [-0.3, -0.25) is 19.9 Å². The maximum absolute atomic E-state index is 4.70. The van der Waals surface area contributed by atoms with E-state index in [4.69, 9.17) is 20.4 Å². The third kappa shape index (κ3) is 23.3. The fraction of sp³-hybridized carbons (Fsp3) is 0.375. The summed E-state index contributed by atoms with van der Waals surface area (Å²) >= 11 is 0.569. The topological polar surface area (TPSA) is 51.6 Å². The third-order valence-electron chi connectivity index (χ3n) is 5.15. The zero-order chi connectivity index (χ0) is 28.8. The zero-order valence-corrected chi connectivity index (χ0v) is 26.3. The van der Waals surface area contributed by atoms with Gasteiger partial charge in [0.25, 0.3) is 0 Å². The van der Waals surface area contributed by atoms with E-state index < -0.39 is 0 Å². The molecule has 0 aliphatic carbocycles. The number of hydrogen-bond donors (Lipinski definition) is 0. The molecule has 0 radical (unpaired) electrons. The van der Waals surface area contributed by atoms with Crippen LogP contribution < -0.4 is 0 Å². The van der Waals surface area contributed by atoms with Crippen molar-refractivity contribution in [2.75, 3.05) is 0 Å². The summed E-state index contributed by atoms with van der Waals surface area (Å²) in [4.78, 5) is 15.7. The van der Waals surface area contributed by atoms with Crippen molar-refractivity contribution in [3.63, 3.8) is 0 Å². The predicted molar refractivity (Wildman–Crippen MR) is 165 cm³/mol. The molecule has 216 valence electrons. The molecule has 39 heavy (non-hydrogen) atoms. The summed E-state index contributed by atoms with van der Waals surface area (Å²) in [6.45, 7) is 8.72. The van der Waals surface area contributed by atoms with Gasteiger partial charge in [-0.15, -0.1) is 0 Å². The number of aryl methyl sites for hydroxylation is 4. The first-order valence-electron chi connectivity index (χ1n) is 13.5. The molecule has 0 N–H and O–H groups in total. The van der Waals surface area contributed by atoms with E-state index in [2.05, 4.69) is 96.2 Å². The Hall–Kier alpha value is -2.33.